The Hall–Kier alpha value is -1.58. The van der Waals surface area contributed by atoms with Crippen molar-refractivity contribution in [2.24, 2.45) is 0 Å². The highest BCUT2D eigenvalue weighted by Gasteiger charge is 2.43. The molecular formula is C13H11F3O. The molecular weight excluding hydrogens is 229 g/mol. The highest BCUT2D eigenvalue weighted by molar-refractivity contribution is 6.23. The molecule has 0 bridgehead atoms. The molecule has 0 aliphatic heterocycles. The Morgan fingerprint density at radius 1 is 1.29 bits per heavy atom. The van der Waals surface area contributed by atoms with Crippen LogP contribution in [0.2, 0.25) is 0 Å². The molecule has 17 heavy (non-hydrogen) atoms. The average molecular weight is 240 g/mol. The van der Waals surface area contributed by atoms with Crippen molar-refractivity contribution in [3.05, 3.63) is 40.7 Å². The summed E-state index contributed by atoms with van der Waals surface area (Å²) in [4.78, 5) is 11.7. The minimum Gasteiger partial charge on any atom is -0.294 e. The molecule has 4 heteroatoms. The zero-order valence-corrected chi connectivity index (χ0v) is 9.48. The lowest BCUT2D eigenvalue weighted by Gasteiger charge is -2.27. The number of carbonyl (C=O) groups is 1. The van der Waals surface area contributed by atoms with Gasteiger partial charge in [0, 0.05) is 11.1 Å². The van der Waals surface area contributed by atoms with Gasteiger partial charge in [0.1, 0.15) is 5.82 Å². The molecule has 2 rings (SSSR count). The summed E-state index contributed by atoms with van der Waals surface area (Å²) < 4.78 is 40.3. The first-order chi connectivity index (χ1) is 7.83. The van der Waals surface area contributed by atoms with E-state index in [0.29, 0.717) is 5.57 Å². The maximum atomic E-state index is 13.7. The predicted molar refractivity (Wildman–Crippen MR) is 58.2 cm³/mol. The molecule has 0 amide bonds. The van der Waals surface area contributed by atoms with Crippen LogP contribution in [0, 0.1) is 5.82 Å². The molecule has 1 aliphatic rings. The van der Waals surface area contributed by atoms with Gasteiger partial charge < -0.3 is 0 Å². The summed E-state index contributed by atoms with van der Waals surface area (Å²) in [5.74, 6) is -4.59. The van der Waals surface area contributed by atoms with Gasteiger partial charge in [0.25, 0.3) is 5.92 Å². The third kappa shape index (κ3) is 1.88. The topological polar surface area (TPSA) is 17.1 Å². The molecule has 1 aromatic rings. The van der Waals surface area contributed by atoms with E-state index in [9.17, 15) is 18.0 Å². The SMILES string of the molecule is CC(C)=C1C(=O)CC(F)(F)c2cc(F)ccc21. The minimum atomic E-state index is -3.28. The molecule has 0 unspecified atom stereocenters. The van der Waals surface area contributed by atoms with Gasteiger partial charge in [-0.2, -0.15) is 0 Å². The number of fused-ring (bicyclic) bond motifs is 1. The Balaban J connectivity index is 2.77. The average Bonchev–Trinajstić information content (AvgIpc) is 2.17. The van der Waals surface area contributed by atoms with E-state index in [2.05, 4.69) is 0 Å². The van der Waals surface area contributed by atoms with Crippen LogP contribution in [-0.4, -0.2) is 5.78 Å². The summed E-state index contributed by atoms with van der Waals surface area (Å²) in [6.07, 6.45) is -0.885. The van der Waals surface area contributed by atoms with E-state index in [1.165, 1.54) is 6.07 Å². The second kappa shape index (κ2) is 3.72. The monoisotopic (exact) mass is 240 g/mol. The maximum Gasteiger partial charge on any atom is 0.281 e. The van der Waals surface area contributed by atoms with Crippen molar-refractivity contribution in [3.8, 4) is 0 Å². The van der Waals surface area contributed by atoms with E-state index in [0.717, 1.165) is 12.1 Å². The molecule has 0 saturated heterocycles. The van der Waals surface area contributed by atoms with Crippen LogP contribution in [0.5, 0.6) is 0 Å². The summed E-state index contributed by atoms with van der Waals surface area (Å²) >= 11 is 0. The van der Waals surface area contributed by atoms with E-state index in [-0.39, 0.29) is 11.1 Å². The van der Waals surface area contributed by atoms with Gasteiger partial charge in [-0.1, -0.05) is 11.6 Å². The molecule has 1 nitrogen and oxygen atoms in total. The number of benzene rings is 1. The largest absolute Gasteiger partial charge is 0.294 e. The molecule has 0 heterocycles. The fourth-order valence-electron chi connectivity index (χ4n) is 2.12. The second-order valence-electron chi connectivity index (χ2n) is 4.37. The van der Waals surface area contributed by atoms with Crippen LogP contribution in [0.15, 0.2) is 23.8 Å². The third-order valence-corrected chi connectivity index (χ3v) is 2.81. The van der Waals surface area contributed by atoms with E-state index < -0.39 is 29.5 Å². The molecule has 0 atom stereocenters. The molecule has 1 aromatic carbocycles. The first-order valence-electron chi connectivity index (χ1n) is 5.22. The van der Waals surface area contributed by atoms with E-state index >= 15 is 0 Å². The van der Waals surface area contributed by atoms with Crippen LogP contribution in [0.4, 0.5) is 13.2 Å². The van der Waals surface area contributed by atoms with Crippen molar-refractivity contribution in [2.75, 3.05) is 0 Å². The fraction of sp³-hybridized carbons (Fsp3) is 0.308. The zero-order valence-electron chi connectivity index (χ0n) is 9.48. The number of allylic oxidation sites excluding steroid dienone is 2. The Kier molecular flexibility index (Phi) is 2.60. The maximum absolute atomic E-state index is 13.7. The first kappa shape index (κ1) is 11.9. The fourth-order valence-corrected chi connectivity index (χ4v) is 2.12. The van der Waals surface area contributed by atoms with Crippen molar-refractivity contribution in [1.29, 1.82) is 0 Å². The highest BCUT2D eigenvalue weighted by Crippen LogP contribution is 2.43. The number of ketones is 1. The molecule has 90 valence electrons. The smallest absolute Gasteiger partial charge is 0.281 e. The van der Waals surface area contributed by atoms with Gasteiger partial charge in [-0.25, -0.2) is 13.2 Å². The van der Waals surface area contributed by atoms with Crippen LogP contribution >= 0.6 is 0 Å². The summed E-state index contributed by atoms with van der Waals surface area (Å²) in [6, 6.07) is 3.15. The molecule has 0 N–H and O–H groups in total. The number of hydrogen-bond donors (Lipinski definition) is 0. The molecule has 1 aliphatic carbocycles. The number of halogens is 3. The summed E-state index contributed by atoms with van der Waals surface area (Å²) in [7, 11) is 0. The molecule has 0 spiro atoms. The van der Waals surface area contributed by atoms with Gasteiger partial charge in [0.2, 0.25) is 0 Å². The summed E-state index contributed by atoms with van der Waals surface area (Å²) in [6.45, 7) is 3.37. The van der Waals surface area contributed by atoms with Crippen molar-refractivity contribution >= 4 is 11.4 Å². The van der Waals surface area contributed by atoms with Crippen LogP contribution in [-0.2, 0) is 10.7 Å². The predicted octanol–water partition coefficient (Wildman–Crippen LogP) is 3.68. The number of Topliss-reactive ketones (excluding diaryl/α,β-unsaturated/α-hetero) is 1. The van der Waals surface area contributed by atoms with E-state index in [4.69, 9.17) is 0 Å². The van der Waals surface area contributed by atoms with Gasteiger partial charge in [-0.05, 0) is 31.5 Å². The number of carbonyl (C=O) groups excluding carboxylic acids is 1. The number of alkyl halides is 2. The van der Waals surface area contributed by atoms with Crippen molar-refractivity contribution in [2.45, 2.75) is 26.2 Å². The number of hydrogen-bond acceptors (Lipinski definition) is 1. The lowest BCUT2D eigenvalue weighted by molar-refractivity contribution is -0.122. The molecule has 0 aromatic heterocycles. The van der Waals surface area contributed by atoms with Crippen molar-refractivity contribution < 1.29 is 18.0 Å². The minimum absolute atomic E-state index is 0.146. The van der Waals surface area contributed by atoms with Gasteiger partial charge >= 0.3 is 0 Å². The van der Waals surface area contributed by atoms with Crippen molar-refractivity contribution in [3.63, 3.8) is 0 Å². The molecule has 0 radical (unpaired) electrons. The van der Waals surface area contributed by atoms with Gasteiger partial charge in [0.05, 0.1) is 6.42 Å². The van der Waals surface area contributed by atoms with Crippen LogP contribution < -0.4 is 0 Å². The van der Waals surface area contributed by atoms with Crippen LogP contribution in [0.1, 0.15) is 31.4 Å². The van der Waals surface area contributed by atoms with Crippen molar-refractivity contribution in [1.82, 2.24) is 0 Å². The Morgan fingerprint density at radius 2 is 1.94 bits per heavy atom. The zero-order chi connectivity index (χ0) is 12.8. The quantitative estimate of drug-likeness (QED) is 0.632. The Labute approximate surface area is 96.9 Å². The standard InChI is InChI=1S/C13H11F3O/c1-7(2)12-9-4-3-8(14)5-10(9)13(15,16)6-11(12)17/h3-5H,6H2,1-2H3. The second-order valence-corrected chi connectivity index (χ2v) is 4.37. The van der Waals surface area contributed by atoms with Gasteiger partial charge in [-0.15, -0.1) is 0 Å². The lowest BCUT2D eigenvalue weighted by atomic mass is 9.82. The lowest BCUT2D eigenvalue weighted by Crippen LogP contribution is -2.27. The van der Waals surface area contributed by atoms with Gasteiger partial charge in [-0.3, -0.25) is 4.79 Å². The van der Waals surface area contributed by atoms with Crippen LogP contribution in [0.25, 0.3) is 5.57 Å². The van der Waals surface area contributed by atoms with Gasteiger partial charge in [0.15, 0.2) is 5.78 Å². The Morgan fingerprint density at radius 3 is 2.53 bits per heavy atom. The van der Waals surface area contributed by atoms with E-state index in [1.54, 1.807) is 13.8 Å². The summed E-state index contributed by atoms with van der Waals surface area (Å²) in [5.41, 5.74) is 0.699. The normalized spacial score (nSPS) is 17.9. The molecule has 0 fully saturated rings. The Bertz CT molecular complexity index is 525. The van der Waals surface area contributed by atoms with E-state index in [1.807, 2.05) is 0 Å². The number of rotatable bonds is 0. The van der Waals surface area contributed by atoms with Crippen LogP contribution in [0.3, 0.4) is 0 Å². The molecule has 0 saturated carbocycles. The summed E-state index contributed by atoms with van der Waals surface area (Å²) in [5, 5.41) is 0. The first-order valence-corrected chi connectivity index (χ1v) is 5.22. The third-order valence-electron chi connectivity index (χ3n) is 2.81. The highest BCUT2D eigenvalue weighted by atomic mass is 19.3.